The van der Waals surface area contributed by atoms with Gasteiger partial charge in [-0.15, -0.1) is 23.1 Å². The summed E-state index contributed by atoms with van der Waals surface area (Å²) in [5.74, 6) is -4.14. The Morgan fingerprint density at radius 1 is 1.38 bits per heavy atom. The summed E-state index contributed by atoms with van der Waals surface area (Å²) in [4.78, 5) is 57.6. The summed E-state index contributed by atoms with van der Waals surface area (Å²) in [6.07, 6.45) is 0. The van der Waals surface area contributed by atoms with Crippen LogP contribution < -0.4 is 124 Å². The van der Waals surface area contributed by atoms with E-state index in [1.807, 2.05) is 0 Å². The fraction of sp³-hybridized carbons (Fsp3) is 0.375. The maximum atomic E-state index is 12.8. The molecular weight excluding hydrogens is 565 g/mol. The zero-order chi connectivity index (χ0) is 23.4. The fourth-order valence-electron chi connectivity index (χ4n) is 2.78. The Hall–Kier alpha value is 0.453. The molecule has 18 heteroatoms. The van der Waals surface area contributed by atoms with E-state index in [9.17, 15) is 29.4 Å². The SMILES string of the molecule is COCSC1=C(C(=O)[O-])N2C(=O)[C@@H](NC(=O)/C(=N\OCC(=O)[O-])c3csc(N)n3)[C@H]2SC1.[K+].[K+]. The quantitative estimate of drug-likeness (QED) is 0.0873. The van der Waals surface area contributed by atoms with Gasteiger partial charge in [0.25, 0.3) is 11.8 Å². The van der Waals surface area contributed by atoms with E-state index in [2.05, 4.69) is 20.3 Å². The summed E-state index contributed by atoms with van der Waals surface area (Å²) < 4.78 is 4.94. The number of thiazole rings is 1. The van der Waals surface area contributed by atoms with Crippen LogP contribution in [0, 0.1) is 0 Å². The van der Waals surface area contributed by atoms with Crippen LogP contribution >= 0.6 is 34.9 Å². The van der Waals surface area contributed by atoms with Crippen LogP contribution in [0.2, 0.25) is 0 Å². The number of nitrogens with two attached hydrogens (primary N) is 1. The average Bonchev–Trinajstić information content (AvgIpc) is 3.17. The maximum absolute atomic E-state index is 12.8. The molecule has 0 aliphatic carbocycles. The minimum Gasteiger partial charge on any atom is -0.546 e. The fourth-order valence-corrected chi connectivity index (χ4v) is 5.64. The number of methoxy groups -OCH3 is 1. The molecule has 2 aliphatic rings. The van der Waals surface area contributed by atoms with Gasteiger partial charge in [0.1, 0.15) is 17.1 Å². The number of carbonyl (C=O) groups is 4. The number of carboxylic acids is 2. The van der Waals surface area contributed by atoms with Crippen LogP contribution in [0.1, 0.15) is 5.69 Å². The second-order valence-corrected chi connectivity index (χ2v) is 9.14. The molecular formula is C16H15K2N5O8S3. The molecule has 1 saturated heterocycles. The van der Waals surface area contributed by atoms with Gasteiger partial charge >= 0.3 is 103 Å². The standard InChI is InChI=1S/C16H17N5O8S3.2K/c1-28-5-32-7-4-30-14-10(13(25)21(14)11(7)15(26)27)19-12(24)9(20-29-2-8(22)23)6-3-31-16(17)18-6;;/h3,10,14H,2,4-5H2,1H3,(H2,17,18)(H,19,24)(H,22,23)(H,26,27);;/q;2*+1/p-2/b20-9-;;/t10-,14-;;/m1../s1. The predicted octanol–water partition coefficient (Wildman–Crippen LogP) is -9.10. The van der Waals surface area contributed by atoms with Gasteiger partial charge in [-0.3, -0.25) is 14.5 Å². The number of thioether (sulfide) groups is 2. The number of carboxylic acid groups (broad SMARTS) is 2. The number of anilines is 1. The van der Waals surface area contributed by atoms with Crippen molar-refractivity contribution in [2.24, 2.45) is 5.16 Å². The topological polar surface area (TPSA) is 199 Å². The third-order valence-electron chi connectivity index (χ3n) is 4.08. The van der Waals surface area contributed by atoms with Crippen molar-refractivity contribution in [2.75, 3.05) is 31.1 Å². The van der Waals surface area contributed by atoms with E-state index in [4.69, 9.17) is 10.5 Å². The predicted molar refractivity (Wildman–Crippen MR) is 111 cm³/mol. The van der Waals surface area contributed by atoms with Crippen molar-refractivity contribution in [1.29, 1.82) is 0 Å². The molecule has 0 spiro atoms. The van der Waals surface area contributed by atoms with Crippen molar-refractivity contribution < 1.29 is 142 Å². The molecule has 2 atom stereocenters. The number of nitrogens with one attached hydrogen (secondary N) is 1. The number of hydrogen-bond acceptors (Lipinski definition) is 14. The second kappa shape index (κ2) is 15.0. The van der Waals surface area contributed by atoms with E-state index < -0.39 is 47.5 Å². The molecule has 1 fully saturated rings. The monoisotopic (exact) mass is 579 g/mol. The van der Waals surface area contributed by atoms with Crippen molar-refractivity contribution in [1.82, 2.24) is 15.2 Å². The maximum Gasteiger partial charge on any atom is 1.00 e. The van der Waals surface area contributed by atoms with Gasteiger partial charge in [-0.25, -0.2) is 4.98 Å². The first-order chi connectivity index (χ1) is 15.2. The molecule has 2 amide bonds. The Morgan fingerprint density at radius 3 is 2.65 bits per heavy atom. The first kappa shape index (κ1) is 32.5. The van der Waals surface area contributed by atoms with Crippen LogP contribution in [0.4, 0.5) is 5.13 Å². The Kier molecular flexibility index (Phi) is 14.3. The molecule has 13 nitrogen and oxygen atoms in total. The Labute approximate surface area is 290 Å². The number of hydrogen-bond donors (Lipinski definition) is 2. The molecule has 3 heterocycles. The molecule has 0 bridgehead atoms. The number of ether oxygens (including phenoxy) is 1. The van der Waals surface area contributed by atoms with Crippen LogP contribution in [0.5, 0.6) is 0 Å². The number of nitrogen functional groups attached to an aromatic ring is 1. The Morgan fingerprint density at radius 2 is 2.09 bits per heavy atom. The van der Waals surface area contributed by atoms with Crippen molar-refractivity contribution in [2.45, 2.75) is 11.4 Å². The molecule has 172 valence electrons. The van der Waals surface area contributed by atoms with Gasteiger partial charge in [0, 0.05) is 23.1 Å². The zero-order valence-corrected chi connectivity index (χ0v) is 27.0. The summed E-state index contributed by atoms with van der Waals surface area (Å²) >= 11 is 3.40. The minimum atomic E-state index is -1.56. The molecule has 0 aromatic carbocycles. The number of fused-ring (bicyclic) bond motifs is 1. The van der Waals surface area contributed by atoms with Gasteiger partial charge in [-0.05, 0) is 0 Å². The van der Waals surface area contributed by atoms with Crippen LogP contribution in [0.25, 0.3) is 0 Å². The molecule has 3 rings (SSSR count). The first-order valence-electron chi connectivity index (χ1n) is 8.67. The molecule has 0 radical (unpaired) electrons. The number of oxime groups is 1. The molecule has 3 N–H and O–H groups in total. The molecule has 2 aliphatic heterocycles. The van der Waals surface area contributed by atoms with Gasteiger partial charge in [0.2, 0.25) is 0 Å². The molecule has 0 saturated carbocycles. The number of amides is 2. The third kappa shape index (κ3) is 7.73. The summed E-state index contributed by atoms with van der Waals surface area (Å²) in [6, 6.07) is -1.06. The van der Waals surface area contributed by atoms with Crippen LogP contribution in [0.15, 0.2) is 21.1 Å². The molecule has 0 unspecified atom stereocenters. The Bertz CT molecular complexity index is 1020. The van der Waals surface area contributed by atoms with Crippen molar-refractivity contribution in [3.8, 4) is 0 Å². The summed E-state index contributed by atoms with van der Waals surface area (Å²) in [5, 5.41) is 29.0. The first-order valence-corrected chi connectivity index (χ1v) is 11.6. The average molecular weight is 580 g/mol. The number of β-lactam (4-membered cyclic amide) rings is 1. The third-order valence-corrected chi connectivity index (χ3v) is 7.26. The largest absolute Gasteiger partial charge is 1.00 e. The number of rotatable bonds is 10. The van der Waals surface area contributed by atoms with Crippen molar-refractivity contribution in [3.63, 3.8) is 0 Å². The van der Waals surface area contributed by atoms with E-state index in [0.29, 0.717) is 4.91 Å². The second-order valence-electron chi connectivity index (χ2n) is 6.13. The Balaban J connectivity index is 0.00000289. The smallest absolute Gasteiger partial charge is 0.546 e. The van der Waals surface area contributed by atoms with Crippen molar-refractivity contribution >= 4 is 69.5 Å². The molecule has 1 aromatic heterocycles. The summed E-state index contributed by atoms with van der Waals surface area (Å²) in [7, 11) is 1.46. The van der Waals surface area contributed by atoms with E-state index in [1.54, 1.807) is 0 Å². The molecule has 1 aromatic rings. The van der Waals surface area contributed by atoms with E-state index >= 15 is 0 Å². The van der Waals surface area contributed by atoms with E-state index in [0.717, 1.165) is 28.0 Å². The van der Waals surface area contributed by atoms with Gasteiger partial charge < -0.3 is 40.4 Å². The summed E-state index contributed by atoms with van der Waals surface area (Å²) in [6.45, 7) is -0.910. The molecule has 34 heavy (non-hydrogen) atoms. The minimum absolute atomic E-state index is 0. The van der Waals surface area contributed by atoms with Crippen LogP contribution in [-0.2, 0) is 28.8 Å². The van der Waals surface area contributed by atoms with E-state index in [1.165, 1.54) is 24.3 Å². The number of aromatic nitrogens is 1. The van der Waals surface area contributed by atoms with E-state index in [-0.39, 0.29) is 131 Å². The summed E-state index contributed by atoms with van der Waals surface area (Å²) in [5.41, 5.74) is 4.91. The number of aliphatic carboxylic acids is 2. The van der Waals surface area contributed by atoms with Crippen LogP contribution in [0.3, 0.4) is 0 Å². The van der Waals surface area contributed by atoms with Crippen molar-refractivity contribution in [3.05, 3.63) is 21.7 Å². The van der Waals surface area contributed by atoms with Gasteiger partial charge in [-0.1, -0.05) is 16.9 Å². The van der Waals surface area contributed by atoms with Gasteiger partial charge in [0.05, 0.1) is 23.6 Å². The number of carbonyl (C=O) groups excluding carboxylic acids is 4. The zero-order valence-electron chi connectivity index (χ0n) is 18.3. The van der Waals surface area contributed by atoms with Gasteiger partial charge in [0.15, 0.2) is 17.5 Å². The number of nitrogens with zero attached hydrogens (tertiary/aromatic N) is 3. The van der Waals surface area contributed by atoms with Gasteiger partial charge in [-0.2, -0.15) is 0 Å². The van der Waals surface area contributed by atoms with Crippen LogP contribution in [-0.4, -0.2) is 76.2 Å². The normalized spacial score (nSPS) is 19.3.